The van der Waals surface area contributed by atoms with Gasteiger partial charge in [0.25, 0.3) is 6.02 Å². The van der Waals surface area contributed by atoms with Crippen molar-refractivity contribution in [2.75, 3.05) is 7.05 Å². The zero-order chi connectivity index (χ0) is 14.3. The van der Waals surface area contributed by atoms with E-state index in [9.17, 15) is 4.39 Å². The van der Waals surface area contributed by atoms with Gasteiger partial charge in [-0.05, 0) is 49.9 Å². The fourth-order valence-corrected chi connectivity index (χ4v) is 2.06. The number of nitrogens with zero attached hydrogens (tertiary/aromatic N) is 1. The molecule has 5 heteroatoms. The number of ether oxygens (including phenoxy) is 1. The minimum absolute atomic E-state index is 0.0313. The molecule has 0 spiro atoms. The summed E-state index contributed by atoms with van der Waals surface area (Å²) in [4.78, 5) is 3.78. The number of aliphatic imine (C=N–C) groups is 1. The maximum atomic E-state index is 12.1. The molecule has 0 unspecified atom stereocenters. The van der Waals surface area contributed by atoms with Crippen LogP contribution in [0.5, 0.6) is 0 Å². The van der Waals surface area contributed by atoms with Gasteiger partial charge < -0.3 is 10.5 Å². The summed E-state index contributed by atoms with van der Waals surface area (Å²) in [5, 5.41) is 0. The summed E-state index contributed by atoms with van der Waals surface area (Å²) in [5.74, 6) is -0.201. The van der Waals surface area contributed by atoms with Crippen molar-refractivity contribution in [3.63, 3.8) is 0 Å². The fourth-order valence-electron chi connectivity index (χ4n) is 1.80. The summed E-state index contributed by atoms with van der Waals surface area (Å²) < 4.78 is 18.5. The normalized spacial score (nSPS) is 16.9. The van der Waals surface area contributed by atoms with E-state index in [0.29, 0.717) is 6.02 Å². The predicted molar refractivity (Wildman–Crippen MR) is 79.6 cm³/mol. The number of rotatable bonds is 2. The molecule has 0 aliphatic heterocycles. The molecule has 0 amide bonds. The van der Waals surface area contributed by atoms with Crippen LogP contribution in [0, 0.1) is 5.82 Å². The van der Waals surface area contributed by atoms with Gasteiger partial charge in [-0.1, -0.05) is 22.9 Å². The lowest BCUT2D eigenvalue weighted by Gasteiger charge is -2.40. The lowest BCUT2D eigenvalue weighted by molar-refractivity contribution is -0.0237. The van der Waals surface area contributed by atoms with Gasteiger partial charge in [-0.2, -0.15) is 0 Å². The molecule has 1 aromatic carbocycles. The van der Waals surface area contributed by atoms with Crippen LogP contribution in [-0.2, 0) is 4.74 Å². The third-order valence-electron chi connectivity index (χ3n) is 3.25. The standard InChI is InChI=1S/C8H16N2O.C6H4BrF/c1-3-8(5-4-6-8)11-7(9)10-2;7-5-1-3-6(8)4-2-5/h3-6H2,1-2H3,(H2,9,10);1-4H. The van der Waals surface area contributed by atoms with E-state index >= 15 is 0 Å². The zero-order valence-corrected chi connectivity index (χ0v) is 12.9. The average Bonchev–Trinajstić information content (AvgIpc) is 2.38. The zero-order valence-electron chi connectivity index (χ0n) is 11.3. The molecule has 1 saturated carbocycles. The molecular formula is C14H20BrFN2O. The van der Waals surface area contributed by atoms with Gasteiger partial charge in [-0.3, -0.25) is 0 Å². The molecule has 1 fully saturated rings. The van der Waals surface area contributed by atoms with Crippen molar-refractivity contribution in [1.82, 2.24) is 0 Å². The van der Waals surface area contributed by atoms with Gasteiger partial charge in [-0.15, -0.1) is 0 Å². The Morgan fingerprint density at radius 2 is 2.00 bits per heavy atom. The van der Waals surface area contributed by atoms with E-state index in [1.165, 1.54) is 18.6 Å². The number of hydrogen-bond acceptors (Lipinski definition) is 2. The summed E-state index contributed by atoms with van der Waals surface area (Å²) in [6.45, 7) is 2.13. The molecule has 1 aromatic rings. The van der Waals surface area contributed by atoms with Gasteiger partial charge in [0.2, 0.25) is 0 Å². The smallest absolute Gasteiger partial charge is 0.282 e. The Balaban J connectivity index is 0.000000200. The van der Waals surface area contributed by atoms with E-state index in [-0.39, 0.29) is 11.4 Å². The molecule has 0 saturated heterocycles. The summed E-state index contributed by atoms with van der Waals surface area (Å²) in [5.41, 5.74) is 5.50. The molecule has 1 aliphatic carbocycles. The molecule has 0 atom stereocenters. The maximum absolute atomic E-state index is 12.1. The van der Waals surface area contributed by atoms with Crippen LogP contribution in [0.2, 0.25) is 0 Å². The van der Waals surface area contributed by atoms with E-state index in [4.69, 9.17) is 10.5 Å². The highest BCUT2D eigenvalue weighted by atomic mass is 79.9. The van der Waals surface area contributed by atoms with Gasteiger partial charge in [-0.25, -0.2) is 9.38 Å². The number of amidine groups is 1. The molecular weight excluding hydrogens is 311 g/mol. The van der Waals surface area contributed by atoms with Crippen molar-refractivity contribution in [2.45, 2.75) is 38.2 Å². The Bertz CT molecular complexity index is 389. The Kier molecular flexibility index (Phi) is 6.28. The van der Waals surface area contributed by atoms with Crippen LogP contribution in [0.25, 0.3) is 0 Å². The molecule has 0 aromatic heterocycles. The predicted octanol–water partition coefficient (Wildman–Crippen LogP) is 3.87. The first-order valence-corrected chi connectivity index (χ1v) is 7.13. The molecule has 0 radical (unpaired) electrons. The SMILES string of the molecule is CCC1(OC(N)=NC)CCC1.Fc1ccc(Br)cc1. The second-order valence-corrected chi connectivity index (χ2v) is 5.41. The molecule has 3 nitrogen and oxygen atoms in total. The van der Waals surface area contributed by atoms with E-state index in [1.807, 2.05) is 0 Å². The minimum Gasteiger partial charge on any atom is -0.459 e. The second-order valence-electron chi connectivity index (χ2n) is 4.49. The summed E-state index contributed by atoms with van der Waals surface area (Å²) in [7, 11) is 1.65. The average molecular weight is 331 g/mol. The number of nitrogens with two attached hydrogens (primary N) is 1. The molecule has 1 aliphatic rings. The lowest BCUT2D eigenvalue weighted by Crippen LogP contribution is -2.43. The van der Waals surface area contributed by atoms with Crippen molar-refractivity contribution in [3.8, 4) is 0 Å². The highest BCUT2D eigenvalue weighted by molar-refractivity contribution is 9.10. The van der Waals surface area contributed by atoms with E-state index in [0.717, 1.165) is 23.7 Å². The molecule has 106 valence electrons. The first-order valence-electron chi connectivity index (χ1n) is 6.33. The highest BCUT2D eigenvalue weighted by Gasteiger charge is 2.37. The van der Waals surface area contributed by atoms with E-state index in [1.54, 1.807) is 19.2 Å². The van der Waals surface area contributed by atoms with Crippen molar-refractivity contribution < 1.29 is 9.13 Å². The number of benzene rings is 1. The van der Waals surface area contributed by atoms with Crippen LogP contribution in [0.15, 0.2) is 33.7 Å². The third-order valence-corrected chi connectivity index (χ3v) is 3.78. The third kappa shape index (κ3) is 5.19. The van der Waals surface area contributed by atoms with Crippen molar-refractivity contribution in [3.05, 3.63) is 34.6 Å². The summed E-state index contributed by atoms with van der Waals surface area (Å²) in [6, 6.07) is 6.46. The Labute approximate surface area is 122 Å². The Hall–Kier alpha value is -1.10. The molecule has 0 heterocycles. The first-order chi connectivity index (χ1) is 9.01. The lowest BCUT2D eigenvalue weighted by atomic mass is 9.78. The Morgan fingerprint density at radius 1 is 1.42 bits per heavy atom. The molecule has 19 heavy (non-hydrogen) atoms. The topological polar surface area (TPSA) is 47.6 Å². The van der Waals surface area contributed by atoms with Crippen LogP contribution in [0.4, 0.5) is 4.39 Å². The number of halogens is 2. The van der Waals surface area contributed by atoms with Crippen molar-refractivity contribution >= 4 is 22.0 Å². The molecule has 2 N–H and O–H groups in total. The molecule has 2 rings (SSSR count). The minimum atomic E-state index is -0.201. The van der Waals surface area contributed by atoms with Crippen molar-refractivity contribution in [1.29, 1.82) is 0 Å². The molecule has 0 bridgehead atoms. The monoisotopic (exact) mass is 330 g/mol. The largest absolute Gasteiger partial charge is 0.459 e. The van der Waals surface area contributed by atoms with Crippen LogP contribution < -0.4 is 5.73 Å². The maximum Gasteiger partial charge on any atom is 0.282 e. The number of hydrogen-bond donors (Lipinski definition) is 1. The van der Waals surface area contributed by atoms with E-state index in [2.05, 4.69) is 27.8 Å². The summed E-state index contributed by atoms with van der Waals surface area (Å²) >= 11 is 3.18. The van der Waals surface area contributed by atoms with Crippen LogP contribution in [-0.4, -0.2) is 18.7 Å². The quantitative estimate of drug-likeness (QED) is 0.661. The second kappa shape index (κ2) is 7.48. The van der Waals surface area contributed by atoms with E-state index < -0.39 is 0 Å². The van der Waals surface area contributed by atoms with Crippen LogP contribution in [0.3, 0.4) is 0 Å². The van der Waals surface area contributed by atoms with Crippen LogP contribution in [0.1, 0.15) is 32.6 Å². The van der Waals surface area contributed by atoms with Gasteiger partial charge in [0.15, 0.2) is 0 Å². The van der Waals surface area contributed by atoms with Crippen molar-refractivity contribution in [2.24, 2.45) is 10.7 Å². The van der Waals surface area contributed by atoms with Gasteiger partial charge in [0.1, 0.15) is 11.4 Å². The van der Waals surface area contributed by atoms with Crippen LogP contribution >= 0.6 is 15.9 Å². The first kappa shape index (κ1) is 16.0. The van der Waals surface area contributed by atoms with Gasteiger partial charge in [0.05, 0.1) is 0 Å². The Morgan fingerprint density at radius 3 is 2.32 bits per heavy atom. The van der Waals surface area contributed by atoms with Gasteiger partial charge >= 0.3 is 0 Å². The summed E-state index contributed by atoms with van der Waals surface area (Å²) in [6.07, 6.45) is 4.54. The highest BCUT2D eigenvalue weighted by Crippen LogP contribution is 2.38. The van der Waals surface area contributed by atoms with Gasteiger partial charge in [0, 0.05) is 11.5 Å². The fraction of sp³-hybridized carbons (Fsp3) is 0.500.